The number of nitrogens with one attached hydrogen (secondary N) is 1. The lowest BCUT2D eigenvalue weighted by molar-refractivity contribution is -0.131. The summed E-state index contributed by atoms with van der Waals surface area (Å²) >= 11 is 0. The second kappa shape index (κ2) is 12.4. The minimum atomic E-state index is -0.247. The number of carbonyl (C=O) groups is 1. The lowest BCUT2D eigenvalue weighted by Crippen LogP contribution is -2.49. The molecule has 1 aromatic carbocycles. The zero-order valence-corrected chi connectivity index (χ0v) is 20.3. The Labute approximate surface area is 200 Å². The van der Waals surface area contributed by atoms with E-state index >= 15 is 0 Å². The highest BCUT2D eigenvalue weighted by atomic mass is 127. The number of amides is 1. The fourth-order valence-electron chi connectivity index (χ4n) is 3.49. The van der Waals surface area contributed by atoms with Gasteiger partial charge < -0.3 is 20.0 Å². The van der Waals surface area contributed by atoms with Gasteiger partial charge in [-0.25, -0.2) is 9.37 Å². The number of hydrogen-bond donors (Lipinski definition) is 1. The molecule has 1 saturated heterocycles. The second-order valence-electron chi connectivity index (χ2n) is 7.26. The smallest absolute Gasteiger partial charge is 0.224 e. The van der Waals surface area contributed by atoms with Gasteiger partial charge in [0.1, 0.15) is 11.6 Å². The molecule has 31 heavy (non-hydrogen) atoms. The number of anilines is 1. The number of piperazine rings is 1. The molecule has 3 rings (SSSR count). The average Bonchev–Trinajstić information content (AvgIpc) is 2.78. The van der Waals surface area contributed by atoms with E-state index in [1.807, 2.05) is 35.0 Å². The molecular weight excluding hydrogens is 510 g/mol. The number of aromatic nitrogens is 1. The Kier molecular flexibility index (Phi) is 9.96. The van der Waals surface area contributed by atoms with Crippen LogP contribution < -0.4 is 10.2 Å². The van der Waals surface area contributed by atoms with Gasteiger partial charge in [0.25, 0.3) is 0 Å². The Balaban J connectivity index is 0.00000341. The Morgan fingerprint density at radius 2 is 1.87 bits per heavy atom. The monoisotopic (exact) mass is 540 g/mol. The molecule has 1 fully saturated rings. The lowest BCUT2D eigenvalue weighted by Gasteiger charge is -2.35. The summed E-state index contributed by atoms with van der Waals surface area (Å²) in [6.07, 6.45) is 2.20. The fraction of sp³-hybridized carbons (Fsp3) is 0.409. The molecule has 9 heteroatoms. The Bertz CT molecular complexity index is 841. The summed E-state index contributed by atoms with van der Waals surface area (Å²) in [6, 6.07) is 12.3. The number of benzene rings is 1. The first-order valence-electron chi connectivity index (χ1n) is 10.2. The number of rotatable bonds is 6. The van der Waals surface area contributed by atoms with Gasteiger partial charge in [0.05, 0.1) is 0 Å². The molecule has 0 atom stereocenters. The van der Waals surface area contributed by atoms with E-state index in [0.29, 0.717) is 38.6 Å². The standard InChI is InChI=1S/C22H29FN6O.HI/c1-24-22(27(2)17-18-6-8-19(23)9-7-18)26-12-10-21(30)29-15-13-28(14-16-29)20-5-3-4-11-25-20;/h3-9,11H,10,12-17H2,1-2H3,(H,24,26);1H. The van der Waals surface area contributed by atoms with Crippen LogP contribution in [0.15, 0.2) is 53.7 Å². The highest BCUT2D eigenvalue weighted by Crippen LogP contribution is 2.13. The number of guanidine groups is 1. The molecule has 0 unspecified atom stereocenters. The maximum Gasteiger partial charge on any atom is 0.224 e. The third-order valence-electron chi connectivity index (χ3n) is 5.13. The maximum atomic E-state index is 13.1. The summed E-state index contributed by atoms with van der Waals surface area (Å²) in [5, 5.41) is 3.24. The molecule has 1 aliphatic rings. The van der Waals surface area contributed by atoms with Crippen LogP contribution in [0.3, 0.4) is 0 Å². The van der Waals surface area contributed by atoms with E-state index in [1.165, 1.54) is 12.1 Å². The molecule has 168 valence electrons. The highest BCUT2D eigenvalue weighted by molar-refractivity contribution is 14.0. The van der Waals surface area contributed by atoms with Gasteiger partial charge in [-0.05, 0) is 29.8 Å². The van der Waals surface area contributed by atoms with Gasteiger partial charge in [-0.1, -0.05) is 18.2 Å². The van der Waals surface area contributed by atoms with Crippen molar-refractivity contribution in [2.75, 3.05) is 51.7 Å². The van der Waals surface area contributed by atoms with Crippen LogP contribution >= 0.6 is 24.0 Å². The van der Waals surface area contributed by atoms with Crippen molar-refractivity contribution >= 4 is 41.7 Å². The lowest BCUT2D eigenvalue weighted by atomic mass is 10.2. The van der Waals surface area contributed by atoms with E-state index in [4.69, 9.17) is 0 Å². The Hall–Kier alpha value is -2.43. The molecule has 0 spiro atoms. The van der Waals surface area contributed by atoms with Gasteiger partial charge in [-0.3, -0.25) is 9.79 Å². The molecule has 0 bridgehead atoms. The van der Waals surface area contributed by atoms with E-state index in [-0.39, 0.29) is 35.7 Å². The van der Waals surface area contributed by atoms with Crippen LogP contribution in [0.4, 0.5) is 10.2 Å². The summed E-state index contributed by atoms with van der Waals surface area (Å²) in [5.41, 5.74) is 0.990. The van der Waals surface area contributed by atoms with Crippen molar-refractivity contribution in [3.8, 4) is 0 Å². The van der Waals surface area contributed by atoms with Crippen molar-refractivity contribution in [2.24, 2.45) is 4.99 Å². The van der Waals surface area contributed by atoms with Gasteiger partial charge in [-0.15, -0.1) is 24.0 Å². The van der Waals surface area contributed by atoms with Crippen LogP contribution in [0.2, 0.25) is 0 Å². The van der Waals surface area contributed by atoms with Crippen LogP contribution in [0, 0.1) is 5.82 Å². The van der Waals surface area contributed by atoms with Gasteiger partial charge in [0, 0.05) is 66.0 Å². The zero-order chi connectivity index (χ0) is 21.3. The highest BCUT2D eigenvalue weighted by Gasteiger charge is 2.21. The number of pyridine rings is 1. The average molecular weight is 540 g/mol. The SMILES string of the molecule is CN=C(NCCC(=O)N1CCN(c2ccccn2)CC1)N(C)Cc1ccc(F)cc1.I. The van der Waals surface area contributed by atoms with Crippen LogP contribution in [0.25, 0.3) is 0 Å². The topological polar surface area (TPSA) is 64.1 Å². The molecule has 1 N–H and O–H groups in total. The summed E-state index contributed by atoms with van der Waals surface area (Å²) in [4.78, 5) is 27.3. The predicted molar refractivity (Wildman–Crippen MR) is 132 cm³/mol. The van der Waals surface area contributed by atoms with Gasteiger partial charge in [-0.2, -0.15) is 0 Å². The number of carbonyl (C=O) groups excluding carboxylic acids is 1. The molecule has 1 amide bonds. The third-order valence-corrected chi connectivity index (χ3v) is 5.13. The number of hydrogen-bond acceptors (Lipinski definition) is 4. The molecule has 7 nitrogen and oxygen atoms in total. The first-order chi connectivity index (χ1) is 14.6. The normalized spacial score (nSPS) is 14.1. The number of halogens is 2. The van der Waals surface area contributed by atoms with Crippen molar-refractivity contribution in [1.82, 2.24) is 20.1 Å². The van der Waals surface area contributed by atoms with Crippen LogP contribution in [-0.2, 0) is 11.3 Å². The molecule has 0 saturated carbocycles. The summed E-state index contributed by atoms with van der Waals surface area (Å²) in [5.74, 6) is 1.55. The van der Waals surface area contributed by atoms with Crippen molar-refractivity contribution < 1.29 is 9.18 Å². The molecular formula is C22H30FIN6O. The van der Waals surface area contributed by atoms with Crippen LogP contribution in [0.5, 0.6) is 0 Å². The predicted octanol–water partition coefficient (Wildman–Crippen LogP) is 2.58. The van der Waals surface area contributed by atoms with Crippen molar-refractivity contribution in [3.63, 3.8) is 0 Å². The third kappa shape index (κ3) is 7.34. The molecule has 2 heterocycles. The quantitative estimate of drug-likeness (QED) is 0.347. The van der Waals surface area contributed by atoms with E-state index in [1.54, 1.807) is 25.4 Å². The van der Waals surface area contributed by atoms with Crippen molar-refractivity contribution in [2.45, 2.75) is 13.0 Å². The summed E-state index contributed by atoms with van der Waals surface area (Å²) in [6.45, 7) is 4.10. The number of nitrogens with zero attached hydrogens (tertiary/aromatic N) is 5. The van der Waals surface area contributed by atoms with E-state index < -0.39 is 0 Å². The van der Waals surface area contributed by atoms with E-state index in [0.717, 1.165) is 24.5 Å². The van der Waals surface area contributed by atoms with Crippen molar-refractivity contribution in [3.05, 3.63) is 60.0 Å². The minimum Gasteiger partial charge on any atom is -0.356 e. The van der Waals surface area contributed by atoms with Gasteiger partial charge in [0.2, 0.25) is 5.91 Å². The Morgan fingerprint density at radius 1 is 1.16 bits per heavy atom. The molecule has 2 aromatic rings. The van der Waals surface area contributed by atoms with E-state index in [9.17, 15) is 9.18 Å². The van der Waals surface area contributed by atoms with Gasteiger partial charge >= 0.3 is 0 Å². The van der Waals surface area contributed by atoms with Crippen LogP contribution in [-0.4, -0.2) is 73.5 Å². The minimum absolute atomic E-state index is 0. The first kappa shape index (κ1) is 24.8. The fourth-order valence-corrected chi connectivity index (χ4v) is 3.49. The Morgan fingerprint density at radius 3 is 2.48 bits per heavy atom. The molecule has 1 aliphatic heterocycles. The molecule has 0 radical (unpaired) electrons. The van der Waals surface area contributed by atoms with Crippen LogP contribution in [0.1, 0.15) is 12.0 Å². The zero-order valence-electron chi connectivity index (χ0n) is 18.0. The summed E-state index contributed by atoms with van der Waals surface area (Å²) < 4.78 is 13.1. The molecule has 1 aromatic heterocycles. The second-order valence-corrected chi connectivity index (χ2v) is 7.26. The first-order valence-corrected chi connectivity index (χ1v) is 10.2. The van der Waals surface area contributed by atoms with E-state index in [2.05, 4.69) is 20.2 Å². The van der Waals surface area contributed by atoms with Gasteiger partial charge in [0.15, 0.2) is 5.96 Å². The molecule has 0 aliphatic carbocycles. The summed E-state index contributed by atoms with van der Waals surface area (Å²) in [7, 11) is 3.62. The van der Waals surface area contributed by atoms with Crippen molar-refractivity contribution in [1.29, 1.82) is 0 Å². The maximum absolute atomic E-state index is 13.1. The largest absolute Gasteiger partial charge is 0.356 e. The number of aliphatic imine (C=N–C) groups is 1.